The summed E-state index contributed by atoms with van der Waals surface area (Å²) in [5.41, 5.74) is -6.74. The Balaban J connectivity index is 1.68. The number of hydrogen-bond acceptors (Lipinski definition) is 9. The van der Waals surface area contributed by atoms with Crippen LogP contribution >= 0.6 is 12.6 Å². The van der Waals surface area contributed by atoms with E-state index in [0.717, 1.165) is 28.6 Å². The molecule has 2 aromatic rings. The summed E-state index contributed by atoms with van der Waals surface area (Å²) in [6.07, 6.45) is -12.1. The van der Waals surface area contributed by atoms with Gasteiger partial charge in [-0.3, -0.25) is 15.0 Å². The van der Waals surface area contributed by atoms with Gasteiger partial charge in [0.2, 0.25) is 10.0 Å². The summed E-state index contributed by atoms with van der Waals surface area (Å²) in [6.45, 7) is 3.13. The number of sulfonamides is 1. The van der Waals surface area contributed by atoms with Gasteiger partial charge in [0.15, 0.2) is 0 Å². The number of aliphatic hydroxyl groups is 1. The number of thiol groups is 1. The van der Waals surface area contributed by atoms with E-state index >= 15 is 0 Å². The van der Waals surface area contributed by atoms with Crippen molar-refractivity contribution < 1.29 is 49.5 Å². The molecule has 238 valence electrons. The molecule has 2 aromatic carbocycles. The van der Waals surface area contributed by atoms with E-state index < -0.39 is 50.2 Å². The maximum absolute atomic E-state index is 13.6. The predicted octanol–water partition coefficient (Wildman–Crippen LogP) is 3.80. The van der Waals surface area contributed by atoms with Crippen LogP contribution in [0.2, 0.25) is 0 Å². The number of rotatable bonds is 7. The Hall–Kier alpha value is -2.64. The molecule has 4 rings (SSSR count). The van der Waals surface area contributed by atoms with E-state index in [-0.39, 0.29) is 47.7 Å². The zero-order valence-corrected chi connectivity index (χ0v) is 24.3. The number of anilines is 1. The lowest BCUT2D eigenvalue weighted by Crippen LogP contribution is -2.60. The number of halogens is 6. The maximum Gasteiger partial charge on any atom is 0.430 e. The molecule has 0 saturated carbocycles. The molecule has 2 fully saturated rings. The van der Waals surface area contributed by atoms with Crippen molar-refractivity contribution in [3.63, 3.8) is 0 Å². The zero-order chi connectivity index (χ0) is 32.0. The Labute approximate surface area is 248 Å². The molecular formula is C25H28F6N4O6S2. The van der Waals surface area contributed by atoms with E-state index in [1.165, 1.54) is 6.07 Å². The highest BCUT2D eigenvalue weighted by Gasteiger charge is 2.71. The van der Waals surface area contributed by atoms with E-state index in [2.05, 4.69) is 12.6 Å². The quantitative estimate of drug-likeness (QED) is 0.200. The van der Waals surface area contributed by atoms with Gasteiger partial charge in [-0.25, -0.2) is 8.42 Å². The lowest BCUT2D eigenvalue weighted by Gasteiger charge is -2.45. The third-order valence-corrected chi connectivity index (χ3v) is 10.1. The second-order valence-corrected chi connectivity index (χ2v) is 12.7. The number of nitro groups is 1. The van der Waals surface area contributed by atoms with Crippen molar-refractivity contribution in [2.75, 3.05) is 50.8 Å². The van der Waals surface area contributed by atoms with Crippen molar-refractivity contribution in [1.29, 1.82) is 0 Å². The van der Waals surface area contributed by atoms with Crippen LogP contribution in [-0.4, -0.2) is 98.0 Å². The molecule has 10 nitrogen and oxygen atoms in total. The van der Waals surface area contributed by atoms with Crippen LogP contribution in [0.3, 0.4) is 0 Å². The highest BCUT2D eigenvalue weighted by atomic mass is 32.2. The lowest BCUT2D eigenvalue weighted by molar-refractivity contribution is -0.385. The van der Waals surface area contributed by atoms with Crippen LogP contribution < -0.4 is 4.90 Å². The van der Waals surface area contributed by atoms with Gasteiger partial charge in [0.25, 0.3) is 11.3 Å². The summed E-state index contributed by atoms with van der Waals surface area (Å²) in [6, 6.07) is 5.64. The smallest absolute Gasteiger partial charge is 0.379 e. The largest absolute Gasteiger partial charge is 0.430 e. The zero-order valence-electron chi connectivity index (χ0n) is 22.5. The van der Waals surface area contributed by atoms with Crippen molar-refractivity contribution >= 4 is 34.0 Å². The minimum atomic E-state index is -6.04. The van der Waals surface area contributed by atoms with Crippen LogP contribution in [0.15, 0.2) is 52.3 Å². The highest BCUT2D eigenvalue weighted by molar-refractivity contribution is 7.90. The molecule has 2 aliphatic heterocycles. The molecule has 2 aliphatic rings. The number of nitro benzene ring substituents is 1. The van der Waals surface area contributed by atoms with Crippen LogP contribution in [-0.2, 0) is 20.4 Å². The number of non-ortho nitro benzene ring substituents is 1. The van der Waals surface area contributed by atoms with Crippen molar-refractivity contribution in [3.05, 3.63) is 58.1 Å². The van der Waals surface area contributed by atoms with Crippen LogP contribution in [0.25, 0.3) is 0 Å². The molecule has 43 heavy (non-hydrogen) atoms. The SMILES string of the molecule is C[C@H]1COCCN1C[C@H]1CN(S(=O)(=O)c2cc([N+](=O)[O-])ccc2S)CCN1c1ccc(C(O)(C(F)(F)F)C(F)(F)F)cc1. The lowest BCUT2D eigenvalue weighted by atomic mass is 9.92. The van der Waals surface area contributed by atoms with E-state index in [1.807, 2.05) is 11.8 Å². The Kier molecular flexibility index (Phi) is 9.31. The minimum absolute atomic E-state index is 0.0104. The first-order valence-electron chi connectivity index (χ1n) is 12.9. The van der Waals surface area contributed by atoms with Crippen molar-refractivity contribution in [1.82, 2.24) is 9.21 Å². The first kappa shape index (κ1) is 33.3. The van der Waals surface area contributed by atoms with Crippen LogP contribution in [0, 0.1) is 10.1 Å². The molecule has 18 heteroatoms. The van der Waals surface area contributed by atoms with Gasteiger partial charge in [0.1, 0.15) is 4.90 Å². The Bertz CT molecular complexity index is 1430. The van der Waals surface area contributed by atoms with E-state index in [9.17, 15) is 50.0 Å². The second kappa shape index (κ2) is 12.0. The van der Waals surface area contributed by atoms with Gasteiger partial charge in [0, 0.05) is 67.0 Å². The van der Waals surface area contributed by atoms with Crippen LogP contribution in [0.5, 0.6) is 0 Å². The van der Waals surface area contributed by atoms with Gasteiger partial charge >= 0.3 is 12.4 Å². The molecule has 0 aliphatic carbocycles. The number of hydrogen-bond donors (Lipinski definition) is 2. The molecule has 0 aromatic heterocycles. The first-order valence-corrected chi connectivity index (χ1v) is 14.8. The Morgan fingerprint density at radius 2 is 1.67 bits per heavy atom. The van der Waals surface area contributed by atoms with Gasteiger partial charge in [-0.1, -0.05) is 12.1 Å². The molecular weight excluding hydrogens is 630 g/mol. The highest BCUT2D eigenvalue weighted by Crippen LogP contribution is 2.50. The number of morpholine rings is 1. The van der Waals surface area contributed by atoms with Gasteiger partial charge in [-0.05, 0) is 25.1 Å². The second-order valence-electron chi connectivity index (χ2n) is 10.3. The molecule has 2 saturated heterocycles. The van der Waals surface area contributed by atoms with E-state index in [0.29, 0.717) is 31.9 Å². The molecule has 0 unspecified atom stereocenters. The van der Waals surface area contributed by atoms with E-state index in [4.69, 9.17) is 4.74 Å². The fourth-order valence-corrected chi connectivity index (χ4v) is 7.24. The van der Waals surface area contributed by atoms with Gasteiger partial charge in [-0.15, -0.1) is 12.6 Å². The van der Waals surface area contributed by atoms with Crippen LogP contribution in [0.4, 0.5) is 37.7 Å². The molecule has 0 radical (unpaired) electrons. The van der Waals surface area contributed by atoms with Crippen molar-refractivity contribution in [3.8, 4) is 0 Å². The average molecular weight is 659 g/mol. The third kappa shape index (κ3) is 6.44. The van der Waals surface area contributed by atoms with Gasteiger partial charge < -0.3 is 14.7 Å². The Morgan fingerprint density at radius 1 is 1.05 bits per heavy atom. The number of alkyl halides is 6. The first-order chi connectivity index (χ1) is 19.9. The summed E-state index contributed by atoms with van der Waals surface area (Å²) in [4.78, 5) is 13.8. The van der Waals surface area contributed by atoms with Crippen molar-refractivity contribution in [2.24, 2.45) is 0 Å². The number of piperazine rings is 1. The summed E-state index contributed by atoms with van der Waals surface area (Å²) >= 11 is 4.17. The van der Waals surface area contributed by atoms with Crippen molar-refractivity contribution in [2.45, 2.75) is 46.8 Å². The summed E-state index contributed by atoms with van der Waals surface area (Å²) in [5.74, 6) is 0. The van der Waals surface area contributed by atoms with Gasteiger partial charge in [0.05, 0.1) is 24.2 Å². The number of ether oxygens (including phenoxy) is 1. The van der Waals surface area contributed by atoms with Crippen LogP contribution in [0.1, 0.15) is 12.5 Å². The minimum Gasteiger partial charge on any atom is -0.379 e. The topological polar surface area (TPSA) is 116 Å². The third-order valence-electron chi connectivity index (χ3n) is 7.61. The maximum atomic E-state index is 13.6. The molecule has 0 amide bonds. The molecule has 2 atom stereocenters. The standard InChI is InChI=1S/C25H28F6N4O6S2/c1-16-15-41-11-10-32(16)13-20-14-33(43(39,40)22-12-19(35(37)38)6-7-21(22)42)8-9-34(20)18-4-2-17(3-5-18)23(36,24(26,27)28)25(29,30)31/h2-7,12,16,20,36,42H,8-11,13-15H2,1H3/t16-,20-/m0/s1. The van der Waals surface area contributed by atoms with E-state index in [1.54, 1.807) is 4.90 Å². The molecule has 0 bridgehead atoms. The monoisotopic (exact) mass is 658 g/mol. The fraction of sp³-hybridized carbons (Fsp3) is 0.520. The Morgan fingerprint density at radius 3 is 2.23 bits per heavy atom. The van der Waals surface area contributed by atoms with Gasteiger partial charge in [-0.2, -0.15) is 30.6 Å². The fourth-order valence-electron chi connectivity index (χ4n) is 5.19. The number of benzene rings is 2. The molecule has 2 heterocycles. The predicted molar refractivity (Wildman–Crippen MR) is 145 cm³/mol. The number of nitrogens with zero attached hydrogens (tertiary/aromatic N) is 4. The molecule has 1 N–H and O–H groups in total. The summed E-state index contributed by atoms with van der Waals surface area (Å²) < 4.78 is 114. The summed E-state index contributed by atoms with van der Waals surface area (Å²) in [5, 5.41) is 21.0. The normalized spacial score (nSPS) is 21.7. The molecule has 0 spiro atoms. The summed E-state index contributed by atoms with van der Waals surface area (Å²) in [7, 11) is -4.30. The average Bonchev–Trinajstić information content (AvgIpc) is 2.92.